The van der Waals surface area contributed by atoms with Crippen molar-refractivity contribution >= 4 is 35.0 Å². The fraction of sp³-hybridized carbons (Fsp3) is 0.0909. The van der Waals surface area contributed by atoms with Gasteiger partial charge in [-0.1, -0.05) is 40.9 Å². The third-order valence-corrected chi connectivity index (χ3v) is 3.07. The standard InChI is InChI=1S/C11H7Cl2N3S/c1-2-3-17-11-14-10(15-16-11)7-4-8(12)6-9(13)5-7/h1,4-6H,3H2,(H,14,15,16). The number of rotatable bonds is 3. The van der Waals surface area contributed by atoms with Crippen molar-refractivity contribution in [2.75, 3.05) is 5.75 Å². The second kappa shape index (κ2) is 5.46. The summed E-state index contributed by atoms with van der Waals surface area (Å²) in [5, 5.41) is 8.57. The van der Waals surface area contributed by atoms with E-state index in [4.69, 9.17) is 29.6 Å². The highest BCUT2D eigenvalue weighted by Gasteiger charge is 2.07. The van der Waals surface area contributed by atoms with Gasteiger partial charge in [0.15, 0.2) is 5.82 Å². The van der Waals surface area contributed by atoms with Crippen molar-refractivity contribution in [1.82, 2.24) is 15.2 Å². The molecule has 0 radical (unpaired) electrons. The Morgan fingerprint density at radius 3 is 2.65 bits per heavy atom. The zero-order valence-corrected chi connectivity index (χ0v) is 10.9. The number of nitrogens with zero attached hydrogens (tertiary/aromatic N) is 2. The van der Waals surface area contributed by atoms with E-state index in [-0.39, 0.29) is 0 Å². The Labute approximate surface area is 113 Å². The summed E-state index contributed by atoms with van der Waals surface area (Å²) in [6.07, 6.45) is 5.16. The summed E-state index contributed by atoms with van der Waals surface area (Å²) in [6, 6.07) is 5.20. The van der Waals surface area contributed by atoms with E-state index in [1.165, 1.54) is 11.8 Å². The van der Waals surface area contributed by atoms with Crippen molar-refractivity contribution in [3.63, 3.8) is 0 Å². The van der Waals surface area contributed by atoms with Gasteiger partial charge in [0.1, 0.15) is 0 Å². The van der Waals surface area contributed by atoms with Gasteiger partial charge in [-0.2, -0.15) is 0 Å². The SMILES string of the molecule is C#CCSc1n[nH]c(-c2cc(Cl)cc(Cl)c2)n1. The predicted octanol–water partition coefficient (Wildman–Crippen LogP) is 3.50. The number of benzene rings is 1. The molecule has 0 aliphatic heterocycles. The lowest BCUT2D eigenvalue weighted by atomic mass is 10.2. The highest BCUT2D eigenvalue weighted by atomic mass is 35.5. The minimum atomic E-state index is 0.535. The first kappa shape index (κ1) is 12.3. The number of H-pyrrole nitrogens is 1. The Bertz CT molecular complexity index is 554. The molecular formula is C11H7Cl2N3S. The lowest BCUT2D eigenvalue weighted by molar-refractivity contribution is 0.975. The fourth-order valence-electron chi connectivity index (χ4n) is 1.24. The normalized spacial score (nSPS) is 10.2. The van der Waals surface area contributed by atoms with Crippen molar-refractivity contribution in [2.45, 2.75) is 5.16 Å². The number of hydrogen-bond acceptors (Lipinski definition) is 3. The molecule has 0 spiro atoms. The molecule has 3 nitrogen and oxygen atoms in total. The third-order valence-electron chi connectivity index (χ3n) is 1.89. The summed E-state index contributed by atoms with van der Waals surface area (Å²) in [5.41, 5.74) is 0.794. The van der Waals surface area contributed by atoms with Gasteiger partial charge in [-0.25, -0.2) is 4.98 Å². The molecule has 0 unspecified atom stereocenters. The van der Waals surface area contributed by atoms with Gasteiger partial charge in [0.25, 0.3) is 0 Å². The lowest BCUT2D eigenvalue weighted by Crippen LogP contribution is -1.81. The minimum absolute atomic E-state index is 0.535. The number of aromatic nitrogens is 3. The van der Waals surface area contributed by atoms with Crippen LogP contribution in [0.25, 0.3) is 11.4 Å². The number of aromatic amines is 1. The Balaban J connectivity index is 2.27. The first-order chi connectivity index (χ1) is 8.19. The van der Waals surface area contributed by atoms with Crippen LogP contribution in [0.5, 0.6) is 0 Å². The molecule has 0 saturated heterocycles. The summed E-state index contributed by atoms with van der Waals surface area (Å²) in [7, 11) is 0. The van der Waals surface area contributed by atoms with E-state index in [1.54, 1.807) is 18.2 Å². The van der Waals surface area contributed by atoms with Crippen molar-refractivity contribution in [3.8, 4) is 23.7 Å². The van der Waals surface area contributed by atoms with Crippen molar-refractivity contribution in [1.29, 1.82) is 0 Å². The van der Waals surface area contributed by atoms with Crippen LogP contribution in [0.1, 0.15) is 0 Å². The Kier molecular flexibility index (Phi) is 3.95. The molecule has 2 aromatic rings. The largest absolute Gasteiger partial charge is 0.258 e. The Morgan fingerprint density at radius 1 is 1.29 bits per heavy atom. The lowest BCUT2D eigenvalue weighted by Gasteiger charge is -1.98. The monoisotopic (exact) mass is 283 g/mol. The average Bonchev–Trinajstić information content (AvgIpc) is 2.73. The van der Waals surface area contributed by atoms with Gasteiger partial charge >= 0.3 is 0 Å². The molecule has 1 aromatic carbocycles. The molecule has 0 bridgehead atoms. The minimum Gasteiger partial charge on any atom is -0.258 e. The van der Waals surface area contributed by atoms with Gasteiger partial charge in [-0.05, 0) is 18.2 Å². The Hall–Kier alpha value is -1.15. The van der Waals surface area contributed by atoms with Crippen LogP contribution < -0.4 is 0 Å². The predicted molar refractivity (Wildman–Crippen MR) is 71.4 cm³/mol. The van der Waals surface area contributed by atoms with Gasteiger partial charge in [-0.3, -0.25) is 5.10 Å². The van der Waals surface area contributed by atoms with E-state index >= 15 is 0 Å². The molecular weight excluding hydrogens is 277 g/mol. The van der Waals surface area contributed by atoms with E-state index < -0.39 is 0 Å². The maximum atomic E-state index is 5.91. The summed E-state index contributed by atoms with van der Waals surface area (Å²) in [6.45, 7) is 0. The van der Waals surface area contributed by atoms with E-state index in [0.717, 1.165) is 5.56 Å². The van der Waals surface area contributed by atoms with Crippen LogP contribution >= 0.6 is 35.0 Å². The molecule has 0 fully saturated rings. The van der Waals surface area contributed by atoms with Crippen LogP contribution in [-0.4, -0.2) is 20.9 Å². The number of hydrogen-bond donors (Lipinski definition) is 1. The first-order valence-corrected chi connectivity index (χ1v) is 6.38. The quantitative estimate of drug-likeness (QED) is 0.692. The summed E-state index contributed by atoms with van der Waals surface area (Å²) in [5.74, 6) is 3.66. The van der Waals surface area contributed by atoms with E-state index in [2.05, 4.69) is 21.1 Å². The number of terminal acetylenes is 1. The molecule has 0 amide bonds. The van der Waals surface area contributed by atoms with E-state index in [0.29, 0.717) is 26.8 Å². The van der Waals surface area contributed by atoms with Crippen molar-refractivity contribution in [3.05, 3.63) is 28.2 Å². The Morgan fingerprint density at radius 2 is 2.00 bits per heavy atom. The fourth-order valence-corrected chi connectivity index (χ4v) is 2.24. The van der Waals surface area contributed by atoms with Crippen LogP contribution in [0.4, 0.5) is 0 Å². The van der Waals surface area contributed by atoms with Crippen LogP contribution in [0, 0.1) is 12.3 Å². The number of thioether (sulfide) groups is 1. The van der Waals surface area contributed by atoms with Gasteiger partial charge in [-0.15, -0.1) is 11.5 Å². The van der Waals surface area contributed by atoms with Crippen LogP contribution in [-0.2, 0) is 0 Å². The van der Waals surface area contributed by atoms with E-state index in [1.807, 2.05) is 0 Å². The molecule has 17 heavy (non-hydrogen) atoms. The summed E-state index contributed by atoms with van der Waals surface area (Å²) < 4.78 is 0. The zero-order valence-electron chi connectivity index (χ0n) is 8.58. The molecule has 1 aromatic heterocycles. The maximum absolute atomic E-state index is 5.91. The summed E-state index contributed by atoms with van der Waals surface area (Å²) >= 11 is 13.2. The van der Waals surface area contributed by atoms with Crippen molar-refractivity contribution < 1.29 is 0 Å². The molecule has 0 aliphatic rings. The second-order valence-electron chi connectivity index (χ2n) is 3.12. The third kappa shape index (κ3) is 3.16. The molecule has 2 rings (SSSR count). The molecule has 0 saturated carbocycles. The first-order valence-electron chi connectivity index (χ1n) is 4.64. The van der Waals surface area contributed by atoms with Crippen LogP contribution in [0.15, 0.2) is 23.4 Å². The van der Waals surface area contributed by atoms with Gasteiger partial charge < -0.3 is 0 Å². The summed E-state index contributed by atoms with van der Waals surface area (Å²) in [4.78, 5) is 4.28. The highest BCUT2D eigenvalue weighted by Crippen LogP contribution is 2.26. The molecule has 86 valence electrons. The van der Waals surface area contributed by atoms with Gasteiger partial charge in [0.2, 0.25) is 5.16 Å². The molecule has 1 heterocycles. The average molecular weight is 284 g/mol. The second-order valence-corrected chi connectivity index (χ2v) is 4.93. The zero-order chi connectivity index (χ0) is 12.3. The number of halogens is 2. The van der Waals surface area contributed by atoms with Gasteiger partial charge in [0.05, 0.1) is 5.75 Å². The smallest absolute Gasteiger partial charge is 0.209 e. The molecule has 1 N–H and O–H groups in total. The van der Waals surface area contributed by atoms with Gasteiger partial charge in [0, 0.05) is 15.6 Å². The molecule has 0 aliphatic carbocycles. The molecule has 0 atom stereocenters. The van der Waals surface area contributed by atoms with E-state index in [9.17, 15) is 0 Å². The topological polar surface area (TPSA) is 41.6 Å². The maximum Gasteiger partial charge on any atom is 0.209 e. The highest BCUT2D eigenvalue weighted by molar-refractivity contribution is 7.99. The molecule has 6 heteroatoms. The van der Waals surface area contributed by atoms with Crippen LogP contribution in [0.3, 0.4) is 0 Å². The van der Waals surface area contributed by atoms with Crippen molar-refractivity contribution in [2.24, 2.45) is 0 Å². The number of nitrogens with one attached hydrogen (secondary N) is 1. The van der Waals surface area contributed by atoms with Crippen LogP contribution in [0.2, 0.25) is 10.0 Å².